The van der Waals surface area contributed by atoms with Gasteiger partial charge in [0.1, 0.15) is 0 Å². The molecule has 84 valence electrons. The summed E-state index contributed by atoms with van der Waals surface area (Å²) in [4.78, 5) is 0. The predicted octanol–water partition coefficient (Wildman–Crippen LogP) is -0.715. The molecule has 1 aromatic heterocycles. The molecule has 0 amide bonds. The van der Waals surface area contributed by atoms with Gasteiger partial charge < -0.3 is 17.1 Å². The monoisotopic (exact) mass is 227 g/mol. The standard InChI is InChI=1S/C12H18NO.ClH/c1-3-7-12(8-4-1)14-11-13-9-5-2-6-10-13;/h2,5-6,9-10,12H,1,3-4,7-8,11H2;1H/q+1;/p-1. The fraction of sp³-hybridized carbons (Fsp3) is 0.583. The third kappa shape index (κ3) is 4.18. The number of rotatable bonds is 3. The highest BCUT2D eigenvalue weighted by molar-refractivity contribution is 4.83. The largest absolute Gasteiger partial charge is 1.00 e. The Morgan fingerprint density at radius 2 is 1.67 bits per heavy atom. The molecular weight excluding hydrogens is 210 g/mol. The summed E-state index contributed by atoms with van der Waals surface area (Å²) in [5.41, 5.74) is 0. The van der Waals surface area contributed by atoms with Crippen LogP contribution in [0.1, 0.15) is 32.1 Å². The maximum Gasteiger partial charge on any atom is 0.252 e. The zero-order chi connectivity index (χ0) is 9.64. The number of hydrogen-bond donors (Lipinski definition) is 0. The van der Waals surface area contributed by atoms with Gasteiger partial charge in [-0.1, -0.05) is 25.3 Å². The third-order valence-corrected chi connectivity index (χ3v) is 2.79. The van der Waals surface area contributed by atoms with Crippen molar-refractivity contribution in [1.29, 1.82) is 0 Å². The first-order valence-electron chi connectivity index (χ1n) is 5.51. The van der Waals surface area contributed by atoms with Gasteiger partial charge in [-0.25, -0.2) is 0 Å². The van der Waals surface area contributed by atoms with Crippen LogP contribution >= 0.6 is 0 Å². The van der Waals surface area contributed by atoms with Gasteiger partial charge in [0, 0.05) is 12.1 Å². The Kier molecular flexibility index (Phi) is 5.66. The molecule has 0 spiro atoms. The molecule has 0 N–H and O–H groups in total. The Bertz CT molecular complexity index is 260. The van der Waals surface area contributed by atoms with Crippen molar-refractivity contribution in [2.75, 3.05) is 0 Å². The van der Waals surface area contributed by atoms with E-state index < -0.39 is 0 Å². The minimum Gasteiger partial charge on any atom is -1.00 e. The lowest BCUT2D eigenvalue weighted by Gasteiger charge is -2.20. The van der Waals surface area contributed by atoms with Crippen LogP contribution in [0.5, 0.6) is 0 Å². The van der Waals surface area contributed by atoms with E-state index in [0.29, 0.717) is 12.8 Å². The van der Waals surface area contributed by atoms with Crippen molar-refractivity contribution in [2.45, 2.75) is 44.9 Å². The number of ether oxygens (including phenoxy) is 1. The highest BCUT2D eigenvalue weighted by Gasteiger charge is 2.14. The Morgan fingerprint density at radius 1 is 1.00 bits per heavy atom. The SMILES string of the molecule is [Cl-].c1cc[n+](COC2CCCCC2)cc1. The molecular formula is C12H18ClNO. The van der Waals surface area contributed by atoms with Crippen molar-refractivity contribution in [3.8, 4) is 0 Å². The zero-order valence-corrected chi connectivity index (χ0v) is 9.70. The maximum absolute atomic E-state index is 5.83. The summed E-state index contributed by atoms with van der Waals surface area (Å²) in [7, 11) is 0. The van der Waals surface area contributed by atoms with Gasteiger partial charge in [-0.3, -0.25) is 0 Å². The van der Waals surface area contributed by atoms with Gasteiger partial charge >= 0.3 is 0 Å². The van der Waals surface area contributed by atoms with E-state index in [1.165, 1.54) is 32.1 Å². The van der Waals surface area contributed by atoms with Crippen LogP contribution < -0.4 is 17.0 Å². The molecule has 2 nitrogen and oxygen atoms in total. The van der Waals surface area contributed by atoms with E-state index in [1.807, 2.05) is 30.6 Å². The Hall–Kier alpha value is -0.600. The molecule has 1 fully saturated rings. The summed E-state index contributed by atoms with van der Waals surface area (Å²) in [6, 6.07) is 6.09. The number of halogens is 1. The predicted molar refractivity (Wildman–Crippen MR) is 54.6 cm³/mol. The summed E-state index contributed by atoms with van der Waals surface area (Å²) < 4.78 is 7.91. The van der Waals surface area contributed by atoms with Crippen molar-refractivity contribution in [3.05, 3.63) is 30.6 Å². The molecule has 15 heavy (non-hydrogen) atoms. The topological polar surface area (TPSA) is 13.1 Å². The van der Waals surface area contributed by atoms with Crippen molar-refractivity contribution < 1.29 is 21.7 Å². The molecule has 1 saturated carbocycles. The summed E-state index contributed by atoms with van der Waals surface area (Å²) in [5.74, 6) is 0. The van der Waals surface area contributed by atoms with Crippen LogP contribution in [0.2, 0.25) is 0 Å². The molecule has 1 aromatic rings. The van der Waals surface area contributed by atoms with Crippen LogP contribution in [-0.4, -0.2) is 6.10 Å². The van der Waals surface area contributed by atoms with Gasteiger partial charge in [0.2, 0.25) is 0 Å². The minimum atomic E-state index is 0. The molecule has 0 atom stereocenters. The van der Waals surface area contributed by atoms with Gasteiger partial charge in [0.25, 0.3) is 6.73 Å². The molecule has 0 aliphatic heterocycles. The van der Waals surface area contributed by atoms with Crippen LogP contribution in [0.4, 0.5) is 0 Å². The van der Waals surface area contributed by atoms with E-state index >= 15 is 0 Å². The Morgan fingerprint density at radius 3 is 2.33 bits per heavy atom. The number of aromatic nitrogens is 1. The fourth-order valence-corrected chi connectivity index (χ4v) is 1.94. The molecule has 3 heteroatoms. The van der Waals surface area contributed by atoms with Gasteiger partial charge in [-0.15, -0.1) is 0 Å². The lowest BCUT2D eigenvalue weighted by atomic mass is 9.98. The number of hydrogen-bond acceptors (Lipinski definition) is 1. The van der Waals surface area contributed by atoms with Gasteiger partial charge in [0.15, 0.2) is 12.4 Å². The van der Waals surface area contributed by atoms with Gasteiger partial charge in [-0.2, -0.15) is 4.57 Å². The molecule has 0 bridgehead atoms. The van der Waals surface area contributed by atoms with Gasteiger partial charge in [-0.05, 0) is 12.8 Å². The zero-order valence-electron chi connectivity index (χ0n) is 8.94. The first kappa shape index (κ1) is 12.5. The van der Waals surface area contributed by atoms with Crippen LogP contribution in [0.15, 0.2) is 30.6 Å². The maximum atomic E-state index is 5.83. The Labute approximate surface area is 97.7 Å². The fourth-order valence-electron chi connectivity index (χ4n) is 1.94. The summed E-state index contributed by atoms with van der Waals surface area (Å²) in [6.45, 7) is 0.700. The third-order valence-electron chi connectivity index (χ3n) is 2.79. The van der Waals surface area contributed by atoms with E-state index in [-0.39, 0.29) is 12.4 Å². The summed E-state index contributed by atoms with van der Waals surface area (Å²) >= 11 is 0. The second kappa shape index (κ2) is 6.81. The highest BCUT2D eigenvalue weighted by Crippen LogP contribution is 2.19. The first-order chi connectivity index (χ1) is 6.95. The van der Waals surface area contributed by atoms with E-state index in [1.54, 1.807) is 0 Å². The number of pyridine rings is 1. The minimum absolute atomic E-state index is 0. The summed E-state index contributed by atoms with van der Waals surface area (Å²) in [5, 5.41) is 0. The van der Waals surface area contributed by atoms with E-state index in [4.69, 9.17) is 4.74 Å². The van der Waals surface area contributed by atoms with Crippen molar-refractivity contribution in [2.24, 2.45) is 0 Å². The second-order valence-corrected chi connectivity index (χ2v) is 3.95. The van der Waals surface area contributed by atoms with Crippen LogP contribution in [0, 0.1) is 0 Å². The average Bonchev–Trinajstić information content (AvgIpc) is 2.29. The molecule has 0 saturated heterocycles. The molecule has 2 rings (SSSR count). The number of nitrogens with zero attached hydrogens (tertiary/aromatic N) is 1. The molecule has 1 heterocycles. The van der Waals surface area contributed by atoms with Crippen molar-refractivity contribution >= 4 is 0 Å². The highest BCUT2D eigenvalue weighted by atomic mass is 35.5. The molecule has 0 radical (unpaired) electrons. The smallest absolute Gasteiger partial charge is 0.252 e. The van der Waals surface area contributed by atoms with Crippen molar-refractivity contribution in [1.82, 2.24) is 0 Å². The van der Waals surface area contributed by atoms with Crippen molar-refractivity contribution in [3.63, 3.8) is 0 Å². The first-order valence-corrected chi connectivity index (χ1v) is 5.51. The molecule has 1 aliphatic rings. The van der Waals surface area contributed by atoms with E-state index in [0.717, 1.165) is 0 Å². The Balaban J connectivity index is 0.00000112. The normalized spacial score (nSPS) is 17.1. The second-order valence-electron chi connectivity index (χ2n) is 3.95. The summed E-state index contributed by atoms with van der Waals surface area (Å²) in [6.07, 6.45) is 11.1. The van der Waals surface area contributed by atoms with E-state index in [9.17, 15) is 0 Å². The molecule has 0 unspecified atom stereocenters. The van der Waals surface area contributed by atoms with E-state index in [2.05, 4.69) is 4.57 Å². The molecule has 0 aromatic carbocycles. The van der Waals surface area contributed by atoms with Crippen LogP contribution in [0.3, 0.4) is 0 Å². The van der Waals surface area contributed by atoms with Crippen LogP contribution in [0.25, 0.3) is 0 Å². The lowest BCUT2D eigenvalue weighted by Crippen LogP contribution is -3.00. The molecule has 1 aliphatic carbocycles. The lowest BCUT2D eigenvalue weighted by molar-refractivity contribution is -0.735. The quantitative estimate of drug-likeness (QED) is 0.622. The van der Waals surface area contributed by atoms with Crippen LogP contribution in [-0.2, 0) is 11.5 Å². The average molecular weight is 228 g/mol. The van der Waals surface area contributed by atoms with Gasteiger partial charge in [0.05, 0.1) is 6.10 Å².